The number of hydrogen-bond acceptors (Lipinski definition) is 8. The number of ketones is 1. The first-order valence-corrected chi connectivity index (χ1v) is 13.2. The molecule has 2 aromatic carbocycles. The second kappa shape index (κ2) is 9.19. The number of hydrazone groups is 1. The second-order valence-electron chi connectivity index (χ2n) is 11.7. The zero-order chi connectivity index (χ0) is 26.9. The third-order valence-corrected chi connectivity index (χ3v) is 8.49. The van der Waals surface area contributed by atoms with Crippen LogP contribution in [-0.2, 0) is 23.9 Å². The third kappa shape index (κ3) is 3.77. The number of Topliss-reactive ketones (excluding diaryl/α,β-unsaturated/α-hetero) is 1. The summed E-state index contributed by atoms with van der Waals surface area (Å²) in [5.41, 5.74) is -0.435. The van der Waals surface area contributed by atoms with Gasteiger partial charge in [-0.05, 0) is 41.7 Å². The van der Waals surface area contributed by atoms with Crippen LogP contribution in [0.4, 0.5) is 0 Å². The van der Waals surface area contributed by atoms with Gasteiger partial charge in [-0.2, -0.15) is 5.10 Å². The quantitative estimate of drug-likeness (QED) is 0.434. The number of nitrogens with zero attached hydrogens (tertiary/aromatic N) is 2. The fourth-order valence-corrected chi connectivity index (χ4v) is 6.65. The summed E-state index contributed by atoms with van der Waals surface area (Å²) in [7, 11) is 1.57. The van der Waals surface area contributed by atoms with E-state index in [1.807, 2.05) is 57.2 Å². The van der Waals surface area contributed by atoms with Crippen LogP contribution in [-0.4, -0.2) is 53.4 Å². The number of esters is 2. The first-order valence-electron chi connectivity index (χ1n) is 13.2. The fraction of sp³-hybridized carbons (Fsp3) is 0.467. The number of methoxy groups -OCH3 is 1. The van der Waals surface area contributed by atoms with E-state index in [4.69, 9.17) is 19.3 Å². The molecule has 9 heteroatoms. The lowest BCUT2D eigenvalue weighted by Gasteiger charge is -2.45. The van der Waals surface area contributed by atoms with Crippen molar-refractivity contribution >= 4 is 23.9 Å². The molecule has 9 nitrogen and oxygen atoms in total. The number of ether oxygens (including phenoxy) is 3. The molecule has 0 aromatic heterocycles. The van der Waals surface area contributed by atoms with Gasteiger partial charge in [-0.15, -0.1) is 0 Å². The van der Waals surface area contributed by atoms with Gasteiger partial charge in [0.05, 0.1) is 13.3 Å². The Balaban J connectivity index is 0.00000308. The van der Waals surface area contributed by atoms with Crippen molar-refractivity contribution in [2.24, 2.45) is 15.9 Å². The van der Waals surface area contributed by atoms with Crippen molar-refractivity contribution in [3.05, 3.63) is 65.2 Å². The topological polar surface area (TPSA) is 126 Å². The smallest absolute Gasteiger partial charge is 0.330 e. The molecule has 1 saturated carbocycles. The van der Waals surface area contributed by atoms with Crippen molar-refractivity contribution in [2.75, 3.05) is 7.11 Å². The average Bonchev–Trinajstić information content (AvgIpc) is 3.47. The Morgan fingerprint density at radius 1 is 1.00 bits per heavy atom. The largest absolute Gasteiger partial charge is 0.497 e. The molecule has 39 heavy (non-hydrogen) atoms. The molecule has 0 amide bonds. The van der Waals surface area contributed by atoms with Gasteiger partial charge in [0, 0.05) is 24.2 Å². The maximum Gasteiger partial charge on any atom is 0.330 e. The summed E-state index contributed by atoms with van der Waals surface area (Å²) < 4.78 is 17.6. The Bertz CT molecular complexity index is 1320. The van der Waals surface area contributed by atoms with Crippen LogP contribution in [0.25, 0.3) is 0 Å². The van der Waals surface area contributed by atoms with Crippen LogP contribution in [0.1, 0.15) is 75.1 Å². The molecule has 2 spiro atoms. The fourth-order valence-electron chi connectivity index (χ4n) is 6.65. The molecule has 1 aliphatic carbocycles. The number of fused-ring (bicyclic) bond motifs is 4. The van der Waals surface area contributed by atoms with Gasteiger partial charge >= 0.3 is 11.9 Å². The number of carbonyl (C=O) groups excluding carboxylic acids is 3. The van der Waals surface area contributed by atoms with Gasteiger partial charge in [-0.3, -0.25) is 19.4 Å². The van der Waals surface area contributed by atoms with Crippen LogP contribution in [0.5, 0.6) is 5.75 Å². The van der Waals surface area contributed by atoms with Gasteiger partial charge < -0.3 is 19.7 Å². The van der Waals surface area contributed by atoms with E-state index in [0.29, 0.717) is 24.2 Å². The lowest BCUT2D eigenvalue weighted by atomic mass is 9.64. The standard InChI is InChI=1S/C30H32N2O6.H2O/c1-28(2,3)25(33)23-22(18-11-13-20(36-4)14-12-18)30(24-21-10-6-5-9-19(21)17-31-32(23)24)26(34)37-29(38-27(30)35)15-7-8-16-29;/h5-6,9-14,17,22-24H,7-8,15-16H2,1-4H3;1H2/t22-,23+,24?;/m0./s1. The van der Waals surface area contributed by atoms with Crippen molar-refractivity contribution < 1.29 is 34.1 Å². The highest BCUT2D eigenvalue weighted by Crippen LogP contribution is 2.64. The van der Waals surface area contributed by atoms with Crippen molar-refractivity contribution in [3.63, 3.8) is 0 Å². The van der Waals surface area contributed by atoms with Crippen LogP contribution in [0.2, 0.25) is 0 Å². The highest BCUT2D eigenvalue weighted by atomic mass is 16.7. The van der Waals surface area contributed by atoms with E-state index in [9.17, 15) is 14.4 Å². The van der Waals surface area contributed by atoms with Gasteiger partial charge in [0.1, 0.15) is 17.8 Å². The Morgan fingerprint density at radius 2 is 1.62 bits per heavy atom. The van der Waals surface area contributed by atoms with E-state index in [1.165, 1.54) is 0 Å². The Morgan fingerprint density at radius 3 is 2.21 bits per heavy atom. The summed E-state index contributed by atoms with van der Waals surface area (Å²) in [6, 6.07) is 12.9. The molecule has 3 fully saturated rings. The summed E-state index contributed by atoms with van der Waals surface area (Å²) in [6.07, 6.45) is 4.26. The van der Waals surface area contributed by atoms with Crippen LogP contribution in [0.15, 0.2) is 53.6 Å². The molecular weight excluding hydrogens is 500 g/mol. The van der Waals surface area contributed by atoms with E-state index in [2.05, 4.69) is 0 Å². The Hall–Kier alpha value is -3.72. The minimum absolute atomic E-state index is 0. The van der Waals surface area contributed by atoms with E-state index in [0.717, 1.165) is 24.0 Å². The average molecular weight is 535 g/mol. The van der Waals surface area contributed by atoms with Gasteiger partial charge in [0.15, 0.2) is 5.78 Å². The van der Waals surface area contributed by atoms with Crippen molar-refractivity contribution in [1.82, 2.24) is 5.01 Å². The number of carbonyl (C=O) groups is 3. The van der Waals surface area contributed by atoms with Crippen molar-refractivity contribution in [3.8, 4) is 5.75 Å². The molecule has 6 rings (SSSR count). The van der Waals surface area contributed by atoms with Gasteiger partial charge in [-0.25, -0.2) is 0 Å². The Kier molecular flexibility index (Phi) is 6.33. The Labute approximate surface area is 227 Å². The molecule has 3 atom stereocenters. The summed E-state index contributed by atoms with van der Waals surface area (Å²) >= 11 is 0. The highest BCUT2D eigenvalue weighted by molar-refractivity contribution is 6.07. The molecule has 206 valence electrons. The van der Waals surface area contributed by atoms with E-state index >= 15 is 0 Å². The summed E-state index contributed by atoms with van der Waals surface area (Å²) in [5.74, 6) is -2.94. The second-order valence-corrected chi connectivity index (χ2v) is 11.7. The van der Waals surface area contributed by atoms with Crippen LogP contribution in [0, 0.1) is 10.8 Å². The summed E-state index contributed by atoms with van der Waals surface area (Å²) in [4.78, 5) is 43.1. The van der Waals surface area contributed by atoms with E-state index in [1.54, 1.807) is 30.5 Å². The lowest BCUT2D eigenvalue weighted by Crippen LogP contribution is -2.59. The molecule has 1 unspecified atom stereocenters. The zero-order valence-electron chi connectivity index (χ0n) is 22.6. The predicted octanol–water partition coefficient (Wildman–Crippen LogP) is 3.70. The van der Waals surface area contributed by atoms with Gasteiger partial charge in [0.2, 0.25) is 5.41 Å². The molecule has 0 bridgehead atoms. The summed E-state index contributed by atoms with van der Waals surface area (Å²) in [5, 5.41) is 6.37. The van der Waals surface area contributed by atoms with Gasteiger partial charge in [0.25, 0.3) is 5.79 Å². The lowest BCUT2D eigenvalue weighted by molar-refractivity contribution is -0.263. The first kappa shape index (κ1) is 26.9. The summed E-state index contributed by atoms with van der Waals surface area (Å²) in [6.45, 7) is 5.52. The minimum Gasteiger partial charge on any atom is -0.497 e. The van der Waals surface area contributed by atoms with E-state index in [-0.39, 0.29) is 11.3 Å². The SMILES string of the molecule is COc1ccc([C@H]2[C@H](C(=O)C(C)(C)C)N3N=Cc4ccccc4C3C23C(=O)OC2(CCCC2)OC3=O)cc1.O. The molecule has 3 heterocycles. The predicted molar refractivity (Wildman–Crippen MR) is 142 cm³/mol. The number of hydrogen-bond donors (Lipinski definition) is 0. The van der Waals surface area contributed by atoms with Crippen molar-refractivity contribution in [2.45, 2.75) is 70.2 Å². The highest BCUT2D eigenvalue weighted by Gasteiger charge is 2.76. The molecular formula is C30H34N2O7. The minimum atomic E-state index is -1.83. The molecule has 0 radical (unpaired) electrons. The maximum atomic E-state index is 14.4. The normalized spacial score (nSPS) is 25.9. The molecule has 2 N–H and O–H groups in total. The van der Waals surface area contributed by atoms with Crippen LogP contribution >= 0.6 is 0 Å². The first-order chi connectivity index (χ1) is 18.1. The molecule has 2 aromatic rings. The van der Waals surface area contributed by atoms with Crippen molar-refractivity contribution in [1.29, 1.82) is 0 Å². The third-order valence-electron chi connectivity index (χ3n) is 8.49. The van der Waals surface area contributed by atoms with Crippen LogP contribution < -0.4 is 4.74 Å². The number of benzene rings is 2. The molecule has 4 aliphatic rings. The van der Waals surface area contributed by atoms with Gasteiger partial charge in [-0.1, -0.05) is 57.2 Å². The number of rotatable bonds is 3. The monoisotopic (exact) mass is 534 g/mol. The zero-order valence-corrected chi connectivity index (χ0v) is 22.6. The molecule has 2 saturated heterocycles. The van der Waals surface area contributed by atoms with E-state index < -0.39 is 46.6 Å². The maximum absolute atomic E-state index is 14.4. The van der Waals surface area contributed by atoms with Crippen LogP contribution in [0.3, 0.4) is 0 Å². The molecule has 3 aliphatic heterocycles.